The molecule has 1 aliphatic heterocycles. The minimum absolute atomic E-state index is 0.0476. The van der Waals surface area contributed by atoms with E-state index in [1.807, 2.05) is 41.4 Å². The quantitative estimate of drug-likeness (QED) is 0.524. The predicted octanol–water partition coefficient (Wildman–Crippen LogP) is 3.55. The molecule has 164 valence electrons. The van der Waals surface area contributed by atoms with E-state index in [0.717, 1.165) is 22.9 Å². The molecular formula is C24H28ClN3O3. The number of aliphatic hydroxyl groups excluding tert-OH is 1. The topological polar surface area (TPSA) is 77.6 Å². The maximum atomic E-state index is 12.7. The van der Waals surface area contributed by atoms with E-state index in [1.54, 1.807) is 12.1 Å². The summed E-state index contributed by atoms with van der Waals surface area (Å²) in [6.07, 6.45) is 2.19. The van der Waals surface area contributed by atoms with Gasteiger partial charge in [-0.3, -0.25) is 4.79 Å². The predicted molar refractivity (Wildman–Crippen MR) is 123 cm³/mol. The van der Waals surface area contributed by atoms with Crippen LogP contribution in [0.15, 0.2) is 48.7 Å². The summed E-state index contributed by atoms with van der Waals surface area (Å²) in [7, 11) is 0. The lowest BCUT2D eigenvalue weighted by atomic mass is 10.0. The van der Waals surface area contributed by atoms with Crippen molar-refractivity contribution < 1.29 is 14.6 Å². The van der Waals surface area contributed by atoms with Gasteiger partial charge in [-0.2, -0.15) is 0 Å². The number of benzene rings is 2. The molecule has 0 aliphatic carbocycles. The molecule has 2 heterocycles. The average molecular weight is 442 g/mol. The Bertz CT molecular complexity index is 1050. The molecule has 0 unspecified atom stereocenters. The molecule has 1 saturated heterocycles. The van der Waals surface area contributed by atoms with Gasteiger partial charge in [0.2, 0.25) is 0 Å². The highest BCUT2D eigenvalue weighted by Gasteiger charge is 2.19. The number of carbonyl (C=O) groups excluding carboxylic acids is 1. The molecule has 2 atom stereocenters. The number of aromatic amines is 1. The lowest BCUT2D eigenvalue weighted by molar-refractivity contribution is 0.0303. The molecule has 0 radical (unpaired) electrons. The third-order valence-corrected chi connectivity index (χ3v) is 5.97. The summed E-state index contributed by atoms with van der Waals surface area (Å²) in [4.78, 5) is 17.9. The first-order valence-corrected chi connectivity index (χ1v) is 11.0. The van der Waals surface area contributed by atoms with Gasteiger partial charge in [-0.1, -0.05) is 29.8 Å². The molecule has 3 aromatic rings. The van der Waals surface area contributed by atoms with Crippen molar-refractivity contribution in [3.63, 3.8) is 0 Å². The van der Waals surface area contributed by atoms with E-state index < -0.39 is 6.10 Å². The summed E-state index contributed by atoms with van der Waals surface area (Å²) in [5.41, 5.74) is 3.63. The van der Waals surface area contributed by atoms with Gasteiger partial charge in [0.1, 0.15) is 0 Å². The van der Waals surface area contributed by atoms with E-state index in [0.29, 0.717) is 43.4 Å². The van der Waals surface area contributed by atoms with Gasteiger partial charge in [0.05, 0.1) is 19.3 Å². The lowest BCUT2D eigenvalue weighted by Crippen LogP contribution is -2.40. The molecule has 3 N–H and O–H groups in total. The van der Waals surface area contributed by atoms with Gasteiger partial charge in [-0.25, -0.2) is 0 Å². The Morgan fingerprint density at radius 3 is 2.84 bits per heavy atom. The van der Waals surface area contributed by atoms with Crippen molar-refractivity contribution in [2.45, 2.75) is 25.5 Å². The fraction of sp³-hybridized carbons (Fsp3) is 0.375. The first-order chi connectivity index (χ1) is 15.0. The second kappa shape index (κ2) is 9.83. The Balaban J connectivity index is 1.37. The van der Waals surface area contributed by atoms with Crippen molar-refractivity contribution in [2.24, 2.45) is 0 Å². The van der Waals surface area contributed by atoms with E-state index in [-0.39, 0.29) is 11.9 Å². The van der Waals surface area contributed by atoms with Gasteiger partial charge in [-0.15, -0.1) is 0 Å². The van der Waals surface area contributed by atoms with Crippen molar-refractivity contribution in [1.82, 2.24) is 15.2 Å². The Labute approximate surface area is 187 Å². The molecule has 1 aliphatic rings. The van der Waals surface area contributed by atoms with Crippen molar-refractivity contribution in [3.05, 3.63) is 70.4 Å². The number of rotatable bonds is 7. The molecule has 7 heteroatoms. The Morgan fingerprint density at radius 2 is 2.06 bits per heavy atom. The largest absolute Gasteiger partial charge is 0.387 e. The number of ether oxygens (including phenoxy) is 1. The number of morpholine rings is 1. The van der Waals surface area contributed by atoms with Crippen LogP contribution in [0.1, 0.15) is 34.5 Å². The summed E-state index contributed by atoms with van der Waals surface area (Å²) < 4.78 is 5.33. The van der Waals surface area contributed by atoms with Gasteiger partial charge in [0.25, 0.3) is 5.91 Å². The molecule has 1 fully saturated rings. The molecule has 6 nitrogen and oxygen atoms in total. The first-order valence-electron chi connectivity index (χ1n) is 10.6. The zero-order chi connectivity index (χ0) is 21.8. The molecule has 31 heavy (non-hydrogen) atoms. The van der Waals surface area contributed by atoms with Crippen LogP contribution in [-0.4, -0.2) is 59.8 Å². The minimum atomic E-state index is -0.613. The number of nitrogens with one attached hydrogen (secondary N) is 2. The number of aromatic nitrogens is 1. The lowest BCUT2D eigenvalue weighted by Gasteiger charge is -2.26. The van der Waals surface area contributed by atoms with Crippen molar-refractivity contribution in [2.75, 3.05) is 32.8 Å². The van der Waals surface area contributed by atoms with Crippen LogP contribution in [0.5, 0.6) is 0 Å². The van der Waals surface area contributed by atoms with E-state index >= 15 is 0 Å². The average Bonchev–Trinajstić information content (AvgIpc) is 3.19. The highest BCUT2D eigenvalue weighted by Crippen LogP contribution is 2.22. The van der Waals surface area contributed by atoms with Crippen LogP contribution in [0.2, 0.25) is 5.02 Å². The number of H-pyrrole nitrogens is 1. The molecular weight excluding hydrogens is 414 g/mol. The monoisotopic (exact) mass is 441 g/mol. The van der Waals surface area contributed by atoms with E-state index in [2.05, 4.69) is 17.2 Å². The first kappa shape index (κ1) is 21.8. The number of aliphatic hydroxyl groups is 1. The molecule has 2 aromatic carbocycles. The van der Waals surface area contributed by atoms with Gasteiger partial charge >= 0.3 is 0 Å². The van der Waals surface area contributed by atoms with Gasteiger partial charge < -0.3 is 25.0 Å². The van der Waals surface area contributed by atoms with Crippen LogP contribution in [0.25, 0.3) is 10.9 Å². The van der Waals surface area contributed by atoms with Crippen molar-refractivity contribution >= 4 is 28.4 Å². The highest BCUT2D eigenvalue weighted by molar-refractivity contribution is 6.30. The fourth-order valence-corrected chi connectivity index (χ4v) is 4.18. The van der Waals surface area contributed by atoms with Crippen molar-refractivity contribution in [3.8, 4) is 0 Å². The number of amides is 1. The third kappa shape index (κ3) is 5.28. The number of hydrogen-bond donors (Lipinski definition) is 3. The Hall–Kier alpha value is -2.38. The zero-order valence-electron chi connectivity index (χ0n) is 17.6. The summed E-state index contributed by atoms with van der Waals surface area (Å²) >= 11 is 6.01. The van der Waals surface area contributed by atoms with Crippen LogP contribution in [0.4, 0.5) is 0 Å². The number of fused-ring (bicyclic) bond motifs is 1. The Morgan fingerprint density at radius 1 is 1.26 bits per heavy atom. The number of carbonyl (C=O) groups is 1. The molecule has 1 aromatic heterocycles. The molecule has 1 amide bonds. The van der Waals surface area contributed by atoms with Crippen LogP contribution in [0, 0.1) is 0 Å². The van der Waals surface area contributed by atoms with Crippen LogP contribution in [0.3, 0.4) is 0 Å². The SMILES string of the molecule is C[C@H](Cc1c[nH]c2cc(C(=O)N3CCOCC3)ccc12)NC[C@H](O)c1cccc(Cl)c1. The maximum absolute atomic E-state index is 12.7. The van der Waals surface area contributed by atoms with Crippen LogP contribution < -0.4 is 5.32 Å². The highest BCUT2D eigenvalue weighted by atomic mass is 35.5. The molecule has 0 saturated carbocycles. The third-order valence-electron chi connectivity index (χ3n) is 5.73. The van der Waals surface area contributed by atoms with Gasteiger partial charge in [0.15, 0.2) is 0 Å². The van der Waals surface area contributed by atoms with E-state index in [4.69, 9.17) is 16.3 Å². The summed E-state index contributed by atoms with van der Waals surface area (Å²) in [6, 6.07) is 13.3. The van der Waals surface area contributed by atoms with Crippen molar-refractivity contribution in [1.29, 1.82) is 0 Å². The maximum Gasteiger partial charge on any atom is 0.254 e. The summed E-state index contributed by atoms with van der Waals surface area (Å²) in [5.74, 6) is 0.0476. The normalized spacial score (nSPS) is 16.4. The molecule has 0 spiro atoms. The minimum Gasteiger partial charge on any atom is -0.387 e. The standard InChI is InChI=1S/C24H28ClN3O3/c1-16(26-15-23(29)17-3-2-4-20(25)12-17)11-19-14-27-22-13-18(5-6-21(19)22)24(30)28-7-9-31-10-8-28/h2-6,12-14,16,23,26-27,29H,7-11,15H2,1H3/t16-,23+/m1/s1. The second-order valence-electron chi connectivity index (χ2n) is 8.06. The fourth-order valence-electron chi connectivity index (χ4n) is 3.98. The number of nitrogens with zero attached hydrogens (tertiary/aromatic N) is 1. The number of halogens is 1. The van der Waals surface area contributed by atoms with Gasteiger partial charge in [0, 0.05) is 53.4 Å². The Kier molecular flexibility index (Phi) is 6.92. The zero-order valence-corrected chi connectivity index (χ0v) is 18.4. The van der Waals surface area contributed by atoms with Gasteiger partial charge in [-0.05, 0) is 48.7 Å². The van der Waals surface area contributed by atoms with E-state index in [9.17, 15) is 9.90 Å². The summed E-state index contributed by atoms with van der Waals surface area (Å²) in [6.45, 7) is 5.01. The second-order valence-corrected chi connectivity index (χ2v) is 8.50. The summed E-state index contributed by atoms with van der Waals surface area (Å²) in [5, 5.41) is 15.5. The molecule has 0 bridgehead atoms. The van der Waals surface area contributed by atoms with Crippen LogP contribution >= 0.6 is 11.6 Å². The van der Waals surface area contributed by atoms with E-state index in [1.165, 1.54) is 5.56 Å². The smallest absolute Gasteiger partial charge is 0.254 e. The molecule has 4 rings (SSSR count). The van der Waals surface area contributed by atoms with Crippen LogP contribution in [-0.2, 0) is 11.2 Å². The number of hydrogen-bond acceptors (Lipinski definition) is 4.